The van der Waals surface area contributed by atoms with Crippen LogP contribution < -0.4 is 4.74 Å². The van der Waals surface area contributed by atoms with Crippen molar-refractivity contribution in [3.05, 3.63) is 78.1 Å². The highest BCUT2D eigenvalue weighted by atomic mass is 35.5. The molecule has 4 nitrogen and oxygen atoms in total. The fourth-order valence-electron chi connectivity index (χ4n) is 2.91. The standard InChI is InChI=1S/C21H12ClN3OS/c22-21-24-19(13-7-2-1-3-8-13)23-20(25-21)14-9-6-12-17-18(14)26-15-10-4-5-11-16(15)27-17/h1-12H. The molecule has 1 aliphatic heterocycles. The summed E-state index contributed by atoms with van der Waals surface area (Å²) >= 11 is 7.87. The van der Waals surface area contributed by atoms with Crippen LogP contribution in [0, 0.1) is 0 Å². The normalized spacial score (nSPS) is 12.0. The topological polar surface area (TPSA) is 47.9 Å². The molecule has 0 N–H and O–H groups in total. The van der Waals surface area contributed by atoms with Crippen LogP contribution in [0.5, 0.6) is 11.5 Å². The Morgan fingerprint density at radius 2 is 1.44 bits per heavy atom. The van der Waals surface area contributed by atoms with Gasteiger partial charge in [0.25, 0.3) is 0 Å². The van der Waals surface area contributed by atoms with E-state index < -0.39 is 0 Å². The molecule has 0 atom stereocenters. The molecule has 0 saturated carbocycles. The van der Waals surface area contributed by atoms with Crippen LogP contribution in [-0.2, 0) is 0 Å². The Labute approximate surface area is 165 Å². The van der Waals surface area contributed by atoms with E-state index in [-0.39, 0.29) is 5.28 Å². The Bertz CT molecular complexity index is 1150. The minimum absolute atomic E-state index is 0.153. The third-order valence-corrected chi connectivity index (χ3v) is 5.41. The van der Waals surface area contributed by atoms with Crippen LogP contribution in [0.3, 0.4) is 0 Å². The van der Waals surface area contributed by atoms with Crippen molar-refractivity contribution in [2.24, 2.45) is 0 Å². The first-order valence-electron chi connectivity index (χ1n) is 8.33. The number of halogens is 1. The van der Waals surface area contributed by atoms with Gasteiger partial charge in [0.1, 0.15) is 5.75 Å². The van der Waals surface area contributed by atoms with E-state index in [4.69, 9.17) is 16.3 Å². The number of fused-ring (bicyclic) bond motifs is 2. The number of ether oxygens (including phenoxy) is 1. The van der Waals surface area contributed by atoms with E-state index in [1.807, 2.05) is 72.8 Å². The minimum Gasteiger partial charge on any atom is -0.454 e. The molecular formula is C21H12ClN3OS. The molecule has 1 aliphatic rings. The van der Waals surface area contributed by atoms with Gasteiger partial charge in [-0.3, -0.25) is 0 Å². The molecule has 2 heterocycles. The molecule has 27 heavy (non-hydrogen) atoms. The summed E-state index contributed by atoms with van der Waals surface area (Å²) in [6.45, 7) is 0. The van der Waals surface area contributed by atoms with Crippen molar-refractivity contribution < 1.29 is 4.74 Å². The predicted octanol–water partition coefficient (Wildman–Crippen LogP) is 6.12. The lowest BCUT2D eigenvalue weighted by atomic mass is 10.1. The summed E-state index contributed by atoms with van der Waals surface area (Å²) in [4.78, 5) is 15.4. The molecule has 130 valence electrons. The number of aromatic nitrogens is 3. The van der Waals surface area contributed by atoms with Crippen molar-refractivity contribution in [2.45, 2.75) is 9.79 Å². The van der Waals surface area contributed by atoms with Gasteiger partial charge in [-0.15, -0.1) is 0 Å². The summed E-state index contributed by atoms with van der Waals surface area (Å²) in [5.74, 6) is 2.59. The fourth-order valence-corrected chi connectivity index (χ4v) is 4.06. The maximum Gasteiger partial charge on any atom is 0.226 e. The summed E-state index contributed by atoms with van der Waals surface area (Å²) in [5.41, 5.74) is 1.67. The highest BCUT2D eigenvalue weighted by Gasteiger charge is 2.23. The summed E-state index contributed by atoms with van der Waals surface area (Å²) in [7, 11) is 0. The van der Waals surface area contributed by atoms with Crippen molar-refractivity contribution >= 4 is 23.4 Å². The van der Waals surface area contributed by atoms with Crippen LogP contribution >= 0.6 is 23.4 Å². The van der Waals surface area contributed by atoms with Gasteiger partial charge in [0.15, 0.2) is 17.4 Å². The van der Waals surface area contributed by atoms with Gasteiger partial charge in [-0.05, 0) is 35.9 Å². The molecule has 3 aromatic carbocycles. The smallest absolute Gasteiger partial charge is 0.226 e. The first kappa shape index (κ1) is 16.3. The average Bonchev–Trinajstić information content (AvgIpc) is 2.72. The zero-order valence-electron chi connectivity index (χ0n) is 14.0. The van der Waals surface area contributed by atoms with Gasteiger partial charge in [0.2, 0.25) is 5.28 Å². The zero-order chi connectivity index (χ0) is 18.2. The van der Waals surface area contributed by atoms with E-state index in [2.05, 4.69) is 15.0 Å². The molecule has 0 aliphatic carbocycles. The molecule has 0 amide bonds. The second-order valence-electron chi connectivity index (χ2n) is 5.90. The molecule has 5 rings (SSSR count). The molecule has 1 aromatic heterocycles. The van der Waals surface area contributed by atoms with E-state index in [1.165, 1.54) is 0 Å². The molecule has 6 heteroatoms. The Morgan fingerprint density at radius 1 is 0.704 bits per heavy atom. The van der Waals surface area contributed by atoms with Gasteiger partial charge in [-0.1, -0.05) is 60.3 Å². The van der Waals surface area contributed by atoms with E-state index in [0.29, 0.717) is 11.6 Å². The highest BCUT2D eigenvalue weighted by Crippen LogP contribution is 2.50. The van der Waals surface area contributed by atoms with Crippen molar-refractivity contribution in [2.75, 3.05) is 0 Å². The Hall–Kier alpha value is -2.89. The van der Waals surface area contributed by atoms with Gasteiger partial charge in [-0.25, -0.2) is 4.98 Å². The largest absolute Gasteiger partial charge is 0.454 e. The Morgan fingerprint density at radius 3 is 2.33 bits per heavy atom. The number of benzene rings is 3. The summed E-state index contributed by atoms with van der Waals surface area (Å²) in [6, 6.07) is 23.6. The fraction of sp³-hybridized carbons (Fsp3) is 0. The molecule has 0 bridgehead atoms. The van der Waals surface area contributed by atoms with Gasteiger partial charge in [0, 0.05) is 5.56 Å². The average molecular weight is 390 g/mol. The third-order valence-electron chi connectivity index (χ3n) is 4.14. The van der Waals surface area contributed by atoms with Crippen molar-refractivity contribution in [1.29, 1.82) is 0 Å². The summed E-state index contributed by atoms with van der Waals surface area (Å²) in [6.07, 6.45) is 0. The summed E-state index contributed by atoms with van der Waals surface area (Å²) < 4.78 is 6.18. The second kappa shape index (κ2) is 6.68. The van der Waals surface area contributed by atoms with Gasteiger partial charge < -0.3 is 4.74 Å². The van der Waals surface area contributed by atoms with E-state index in [9.17, 15) is 0 Å². The number of hydrogen-bond donors (Lipinski definition) is 0. The molecular weight excluding hydrogens is 378 g/mol. The number of rotatable bonds is 2. The lowest BCUT2D eigenvalue weighted by molar-refractivity contribution is 0.456. The molecule has 0 radical (unpaired) electrons. The maximum absolute atomic E-state index is 6.21. The summed E-state index contributed by atoms with van der Waals surface area (Å²) in [5, 5.41) is 0.153. The van der Waals surface area contributed by atoms with Crippen LogP contribution in [-0.4, -0.2) is 15.0 Å². The van der Waals surface area contributed by atoms with Gasteiger partial charge >= 0.3 is 0 Å². The van der Waals surface area contributed by atoms with Crippen LogP contribution in [0.1, 0.15) is 0 Å². The van der Waals surface area contributed by atoms with Crippen molar-refractivity contribution in [3.8, 4) is 34.3 Å². The number of hydrogen-bond acceptors (Lipinski definition) is 5. The SMILES string of the molecule is Clc1nc(-c2ccccc2)nc(-c2cccc3c2Oc2ccccc2S3)n1. The van der Waals surface area contributed by atoms with Crippen molar-refractivity contribution in [3.63, 3.8) is 0 Å². The Balaban J connectivity index is 1.64. The Kier molecular flexibility index (Phi) is 4.03. The first-order chi connectivity index (χ1) is 13.3. The van der Waals surface area contributed by atoms with Crippen LogP contribution in [0.4, 0.5) is 0 Å². The third kappa shape index (κ3) is 3.05. The molecule has 4 aromatic rings. The van der Waals surface area contributed by atoms with Crippen LogP contribution in [0.15, 0.2) is 82.6 Å². The van der Waals surface area contributed by atoms with Gasteiger partial charge in [0.05, 0.1) is 15.4 Å². The minimum atomic E-state index is 0.153. The molecule has 0 unspecified atom stereocenters. The highest BCUT2D eigenvalue weighted by molar-refractivity contribution is 7.99. The molecule has 0 saturated heterocycles. The first-order valence-corrected chi connectivity index (χ1v) is 9.52. The van der Waals surface area contributed by atoms with Gasteiger partial charge in [-0.2, -0.15) is 9.97 Å². The van der Waals surface area contributed by atoms with Crippen LogP contribution in [0.25, 0.3) is 22.8 Å². The number of para-hydroxylation sites is 2. The van der Waals surface area contributed by atoms with Crippen molar-refractivity contribution in [1.82, 2.24) is 15.0 Å². The number of nitrogens with zero attached hydrogens (tertiary/aromatic N) is 3. The van der Waals surface area contributed by atoms with E-state index in [0.717, 1.165) is 32.4 Å². The van der Waals surface area contributed by atoms with Crippen LogP contribution in [0.2, 0.25) is 5.28 Å². The zero-order valence-corrected chi connectivity index (χ0v) is 15.5. The predicted molar refractivity (Wildman–Crippen MR) is 106 cm³/mol. The van der Waals surface area contributed by atoms with E-state index in [1.54, 1.807) is 11.8 Å². The maximum atomic E-state index is 6.21. The second-order valence-corrected chi connectivity index (χ2v) is 7.32. The van der Waals surface area contributed by atoms with E-state index >= 15 is 0 Å². The quantitative estimate of drug-likeness (QED) is 0.364. The lowest BCUT2D eigenvalue weighted by Crippen LogP contribution is -2.01. The molecule has 0 spiro atoms. The lowest BCUT2D eigenvalue weighted by Gasteiger charge is -2.21. The monoisotopic (exact) mass is 389 g/mol. The molecule has 0 fully saturated rings.